The number of aryl methyl sites for hydroxylation is 2. The minimum absolute atomic E-state index is 0. The first kappa shape index (κ1) is 30.9. The van der Waals surface area contributed by atoms with E-state index in [9.17, 15) is 0 Å². The molecule has 0 N–H and O–H groups in total. The van der Waals surface area contributed by atoms with Crippen molar-refractivity contribution in [2.24, 2.45) is 7.05 Å². The fourth-order valence-electron chi connectivity index (χ4n) is 4.33. The number of hydrogen-bond donors (Lipinski definition) is 0. The Balaban J connectivity index is 0.00000228. The molecule has 0 saturated carbocycles. The highest BCUT2D eigenvalue weighted by molar-refractivity contribution is 14.0. The van der Waals surface area contributed by atoms with E-state index in [1.54, 1.807) is 26.0 Å². The van der Waals surface area contributed by atoms with E-state index in [2.05, 4.69) is 81.1 Å². The van der Waals surface area contributed by atoms with Crippen molar-refractivity contribution in [3.63, 3.8) is 0 Å². The number of aromatic nitrogens is 2. The predicted molar refractivity (Wildman–Crippen MR) is 171 cm³/mol. The number of halogens is 2. The molecule has 9 heteroatoms. The van der Waals surface area contributed by atoms with Crippen molar-refractivity contribution < 1.29 is 18.5 Å². The minimum atomic E-state index is 0. The second-order valence-electron chi connectivity index (χ2n) is 9.78. The number of methoxy groups -OCH3 is 2. The first-order chi connectivity index (χ1) is 16.2. The smallest absolute Gasteiger partial charge is 0.299 e. The Morgan fingerprint density at radius 2 is 1.69 bits per heavy atom. The zero-order valence-corrected chi connectivity index (χ0v) is 27.7. The Bertz CT molecular complexity index is 1240. The Hall–Kier alpha value is -1.31. The molecule has 0 aliphatic carbocycles. The van der Waals surface area contributed by atoms with Crippen molar-refractivity contribution in [3.8, 4) is 11.5 Å². The van der Waals surface area contributed by atoms with Gasteiger partial charge < -0.3 is 18.9 Å². The standard InChI is InChI=1S/C27H36N4O2S.2HI/c1-29-22-18-24(33-7)23(32-6)16-19(22)20(28-26(29)14-10-11-15-31(3,4)5)17-27-30(2)21-12-8-9-13-25(21)34-27;;/h8-9,12-13,16-18H,10-11,14-15H2,1-7H3;2*1H/q+2;;. The summed E-state index contributed by atoms with van der Waals surface area (Å²) in [6.45, 7) is 1.15. The second kappa shape index (κ2) is 13.0. The monoisotopic (exact) mass is 736 g/mol. The molecule has 196 valence electrons. The number of rotatable bonds is 8. The van der Waals surface area contributed by atoms with Crippen molar-refractivity contribution in [1.29, 1.82) is 0 Å². The molecule has 36 heavy (non-hydrogen) atoms. The lowest BCUT2D eigenvalue weighted by molar-refractivity contribution is -0.870. The van der Waals surface area contributed by atoms with E-state index in [0.717, 1.165) is 57.1 Å². The average molecular weight is 737 g/mol. The Morgan fingerprint density at radius 3 is 2.33 bits per heavy atom. The number of anilines is 1. The van der Waals surface area contributed by atoms with Gasteiger partial charge in [0.25, 0.3) is 5.82 Å². The molecule has 3 aromatic rings. The van der Waals surface area contributed by atoms with Crippen LogP contribution in [0, 0.1) is 0 Å². The van der Waals surface area contributed by atoms with Gasteiger partial charge in [-0.3, -0.25) is 0 Å². The first-order valence-electron chi connectivity index (χ1n) is 11.7. The van der Waals surface area contributed by atoms with Crippen LogP contribution in [0.25, 0.3) is 17.0 Å². The predicted octanol–water partition coefficient (Wildman–Crippen LogP) is 5.88. The summed E-state index contributed by atoms with van der Waals surface area (Å²) < 4.78 is 14.4. The molecule has 1 aromatic heterocycles. The minimum Gasteiger partial charge on any atom is -0.493 e. The number of nitrogens with zero attached hydrogens (tertiary/aromatic N) is 4. The van der Waals surface area contributed by atoms with Crippen molar-refractivity contribution >= 4 is 82.4 Å². The molecule has 6 nitrogen and oxygen atoms in total. The third-order valence-corrected chi connectivity index (χ3v) is 7.45. The van der Waals surface area contributed by atoms with Crippen molar-refractivity contribution in [2.45, 2.75) is 24.2 Å². The molecule has 0 saturated heterocycles. The molecule has 0 radical (unpaired) electrons. The van der Waals surface area contributed by atoms with Crippen LogP contribution in [-0.2, 0) is 13.5 Å². The Kier molecular flexibility index (Phi) is 11.1. The van der Waals surface area contributed by atoms with Crippen LogP contribution in [-0.4, -0.2) is 58.4 Å². The van der Waals surface area contributed by atoms with Crippen LogP contribution in [0.1, 0.15) is 24.4 Å². The molecule has 0 amide bonds. The van der Waals surface area contributed by atoms with E-state index >= 15 is 0 Å². The summed E-state index contributed by atoms with van der Waals surface area (Å²) >= 11 is 1.78. The SMILES string of the molecule is COc1cc2c(C=C3Sc4ccccc4N3C)nc(CCCC[N+](C)(C)C)[n+](C)c2cc1OC.I.I. The fourth-order valence-corrected chi connectivity index (χ4v) is 5.42. The summed E-state index contributed by atoms with van der Waals surface area (Å²) in [7, 11) is 14.3. The maximum atomic E-state index is 5.62. The van der Waals surface area contributed by atoms with Gasteiger partial charge >= 0.3 is 0 Å². The molecule has 1 aliphatic rings. The normalized spacial score (nSPS) is 13.9. The van der Waals surface area contributed by atoms with E-state index in [0.29, 0.717) is 5.75 Å². The lowest BCUT2D eigenvalue weighted by Crippen LogP contribution is -2.37. The molecular formula is C27H38I2N4O2S+2. The summed E-state index contributed by atoms with van der Waals surface area (Å²) in [5, 5.41) is 2.21. The number of para-hydroxylation sites is 1. The fraction of sp³-hybridized carbons (Fsp3) is 0.407. The lowest BCUT2D eigenvalue weighted by Gasteiger charge is -2.23. The number of benzene rings is 2. The second-order valence-corrected chi connectivity index (χ2v) is 10.8. The molecule has 4 rings (SSSR count). The van der Waals surface area contributed by atoms with Crippen molar-refractivity contribution in [2.75, 3.05) is 53.9 Å². The summed E-state index contributed by atoms with van der Waals surface area (Å²) in [4.78, 5) is 8.68. The molecule has 1 aliphatic heterocycles. The van der Waals surface area contributed by atoms with Gasteiger partial charge in [0.1, 0.15) is 5.52 Å². The highest BCUT2D eigenvalue weighted by atomic mass is 127. The number of ether oxygens (including phenoxy) is 2. The van der Waals surface area contributed by atoms with E-state index < -0.39 is 0 Å². The molecular weight excluding hydrogens is 698 g/mol. The Morgan fingerprint density at radius 1 is 1.03 bits per heavy atom. The average Bonchev–Trinajstić information content (AvgIpc) is 3.13. The van der Waals surface area contributed by atoms with Gasteiger partial charge in [0.2, 0.25) is 0 Å². The van der Waals surface area contributed by atoms with Crippen LogP contribution in [0.3, 0.4) is 0 Å². The third kappa shape index (κ3) is 6.76. The lowest BCUT2D eigenvalue weighted by atomic mass is 10.1. The first-order valence-corrected chi connectivity index (χ1v) is 12.5. The molecule has 2 heterocycles. The maximum Gasteiger partial charge on any atom is 0.299 e. The quantitative estimate of drug-likeness (QED) is 0.125. The number of quaternary nitrogens is 1. The van der Waals surface area contributed by atoms with Gasteiger partial charge in [-0.1, -0.05) is 23.9 Å². The summed E-state index contributed by atoms with van der Waals surface area (Å²) in [6.07, 6.45) is 5.40. The molecule has 2 aromatic carbocycles. The summed E-state index contributed by atoms with van der Waals surface area (Å²) in [5.74, 6) is 2.52. The third-order valence-electron chi connectivity index (χ3n) is 6.29. The van der Waals surface area contributed by atoms with Gasteiger partial charge in [-0.25, -0.2) is 4.57 Å². The van der Waals surface area contributed by atoms with E-state index in [4.69, 9.17) is 14.5 Å². The van der Waals surface area contributed by atoms with Crippen LogP contribution in [0.15, 0.2) is 46.3 Å². The highest BCUT2D eigenvalue weighted by Crippen LogP contribution is 2.45. The summed E-state index contributed by atoms with van der Waals surface area (Å²) in [6, 6.07) is 12.6. The molecule has 0 spiro atoms. The van der Waals surface area contributed by atoms with E-state index in [1.807, 2.05) is 6.07 Å². The largest absolute Gasteiger partial charge is 0.493 e. The van der Waals surface area contributed by atoms with Gasteiger partial charge in [0.05, 0.1) is 71.5 Å². The zero-order valence-electron chi connectivity index (χ0n) is 22.2. The van der Waals surface area contributed by atoms with Gasteiger partial charge in [-0.15, -0.1) is 48.0 Å². The molecule has 0 fully saturated rings. The van der Waals surface area contributed by atoms with Gasteiger partial charge in [0.15, 0.2) is 17.2 Å². The van der Waals surface area contributed by atoms with Gasteiger partial charge in [0, 0.05) is 24.1 Å². The number of hydrogen-bond acceptors (Lipinski definition) is 5. The molecule has 0 bridgehead atoms. The summed E-state index contributed by atoms with van der Waals surface area (Å²) in [5.41, 5.74) is 3.27. The highest BCUT2D eigenvalue weighted by Gasteiger charge is 2.26. The zero-order chi connectivity index (χ0) is 24.5. The van der Waals surface area contributed by atoms with Crippen molar-refractivity contribution in [1.82, 2.24) is 4.98 Å². The number of unbranched alkanes of at least 4 members (excludes halogenated alkanes) is 1. The Labute approximate surface area is 253 Å². The molecule has 0 unspecified atom stereocenters. The van der Waals surface area contributed by atoms with Crippen LogP contribution in [0.5, 0.6) is 11.5 Å². The van der Waals surface area contributed by atoms with Crippen LogP contribution < -0.4 is 18.9 Å². The van der Waals surface area contributed by atoms with Crippen LogP contribution >= 0.6 is 59.7 Å². The maximum absolute atomic E-state index is 5.62. The van der Waals surface area contributed by atoms with Gasteiger partial charge in [-0.05, 0) is 36.0 Å². The van der Waals surface area contributed by atoms with Gasteiger partial charge in [-0.2, -0.15) is 0 Å². The molecule has 0 atom stereocenters. The number of thioether (sulfide) groups is 1. The van der Waals surface area contributed by atoms with Crippen LogP contribution in [0.4, 0.5) is 5.69 Å². The number of fused-ring (bicyclic) bond motifs is 2. The van der Waals surface area contributed by atoms with Crippen molar-refractivity contribution in [3.05, 3.63) is 52.9 Å². The van der Waals surface area contributed by atoms with E-state index in [1.165, 1.54) is 17.0 Å². The van der Waals surface area contributed by atoms with Crippen LogP contribution in [0.2, 0.25) is 0 Å². The topological polar surface area (TPSA) is 38.5 Å². The van der Waals surface area contributed by atoms with E-state index in [-0.39, 0.29) is 48.0 Å².